The molecule has 8 heteroatoms. The van der Waals surface area contributed by atoms with Crippen LogP contribution in [0.4, 0.5) is 8.78 Å². The Hall–Kier alpha value is -3.62. The molecule has 6 nitrogen and oxygen atoms in total. The van der Waals surface area contributed by atoms with Gasteiger partial charge in [-0.3, -0.25) is 4.79 Å². The molecule has 1 heterocycles. The highest BCUT2D eigenvalue weighted by molar-refractivity contribution is 5.97. The molecule has 0 bridgehead atoms. The van der Waals surface area contributed by atoms with E-state index in [1.165, 1.54) is 17.7 Å². The summed E-state index contributed by atoms with van der Waals surface area (Å²) in [6, 6.07) is 15.6. The Labute approximate surface area is 202 Å². The van der Waals surface area contributed by atoms with Crippen molar-refractivity contribution in [1.29, 1.82) is 0 Å². The summed E-state index contributed by atoms with van der Waals surface area (Å²) >= 11 is 0. The van der Waals surface area contributed by atoms with E-state index in [-0.39, 0.29) is 13.0 Å². The molecule has 0 aliphatic rings. The van der Waals surface area contributed by atoms with E-state index in [9.17, 15) is 18.7 Å². The van der Waals surface area contributed by atoms with E-state index in [1.54, 1.807) is 24.5 Å². The second kappa shape index (κ2) is 11.2. The lowest BCUT2D eigenvalue weighted by Crippen LogP contribution is -2.48. The van der Waals surface area contributed by atoms with Crippen LogP contribution in [-0.4, -0.2) is 39.7 Å². The summed E-state index contributed by atoms with van der Waals surface area (Å²) in [7, 11) is 0. The molecule has 0 saturated heterocycles. The van der Waals surface area contributed by atoms with Gasteiger partial charge < -0.3 is 20.7 Å². The largest absolute Gasteiger partial charge is 0.390 e. The van der Waals surface area contributed by atoms with Crippen LogP contribution in [0.25, 0.3) is 11.0 Å². The minimum Gasteiger partial charge on any atom is -0.390 e. The van der Waals surface area contributed by atoms with Gasteiger partial charge in [0.15, 0.2) is 0 Å². The first-order chi connectivity index (χ1) is 16.9. The maximum atomic E-state index is 13.8. The van der Waals surface area contributed by atoms with Crippen molar-refractivity contribution in [2.24, 2.45) is 0 Å². The fourth-order valence-electron chi connectivity index (χ4n) is 4.06. The molecule has 4 N–H and O–H groups in total. The fourth-order valence-corrected chi connectivity index (χ4v) is 4.06. The number of aryl methyl sites for hydroxylation is 1. The summed E-state index contributed by atoms with van der Waals surface area (Å²) < 4.78 is 27.5. The number of hydrogen-bond acceptors (Lipinski definition) is 4. The summed E-state index contributed by atoms with van der Waals surface area (Å²) in [6.45, 7) is 2.80. The lowest BCUT2D eigenvalue weighted by Gasteiger charge is -2.25. The van der Waals surface area contributed by atoms with Crippen molar-refractivity contribution >= 4 is 16.9 Å². The number of carbonyl (C=O) groups excluding carboxylic acids is 1. The van der Waals surface area contributed by atoms with Crippen LogP contribution in [0.3, 0.4) is 0 Å². The first-order valence-corrected chi connectivity index (χ1v) is 11.6. The molecule has 0 spiro atoms. The van der Waals surface area contributed by atoms with Gasteiger partial charge in [0.05, 0.1) is 29.5 Å². The zero-order chi connectivity index (χ0) is 24.8. The third-order valence-electron chi connectivity index (χ3n) is 5.92. The van der Waals surface area contributed by atoms with Crippen molar-refractivity contribution in [1.82, 2.24) is 20.6 Å². The normalized spacial score (nSPS) is 13.0. The SMILES string of the molecule is CCc1cccc(CNC[C@@H](O)[C@H](Cc2cc(F)cc(F)c2)NC(=O)c2ccc3nc[nH]c3c2)c1. The van der Waals surface area contributed by atoms with E-state index in [0.29, 0.717) is 23.2 Å². The molecule has 35 heavy (non-hydrogen) atoms. The Morgan fingerprint density at radius 3 is 2.57 bits per heavy atom. The number of benzene rings is 3. The summed E-state index contributed by atoms with van der Waals surface area (Å²) in [6.07, 6.45) is 1.52. The molecule has 0 fully saturated rings. The standard InChI is InChI=1S/C27H28F2N4O2/c1-2-17-4-3-5-18(8-17)14-30-15-26(34)25(11-19-9-21(28)13-22(29)10-19)33-27(35)20-6-7-23-24(12-20)32-16-31-23/h3-10,12-13,16,25-26,30,34H,2,11,14-15H2,1H3,(H,31,32)(H,33,35)/t25-,26+/m0/s1. The van der Waals surface area contributed by atoms with Crippen LogP contribution in [0.2, 0.25) is 0 Å². The second-order valence-corrected chi connectivity index (χ2v) is 8.57. The first kappa shape index (κ1) is 24.5. The maximum absolute atomic E-state index is 13.8. The van der Waals surface area contributed by atoms with Crippen LogP contribution in [0.5, 0.6) is 0 Å². The molecular formula is C27H28F2N4O2. The predicted molar refractivity (Wildman–Crippen MR) is 131 cm³/mol. The molecule has 0 saturated carbocycles. The van der Waals surface area contributed by atoms with Gasteiger partial charge in [-0.25, -0.2) is 13.8 Å². The van der Waals surface area contributed by atoms with E-state index in [0.717, 1.165) is 23.6 Å². The minimum absolute atomic E-state index is 0.0564. The van der Waals surface area contributed by atoms with Gasteiger partial charge in [0, 0.05) is 24.7 Å². The number of aromatic amines is 1. The maximum Gasteiger partial charge on any atom is 0.251 e. The molecular weight excluding hydrogens is 450 g/mol. The number of fused-ring (bicyclic) bond motifs is 1. The van der Waals surface area contributed by atoms with Crippen LogP contribution in [-0.2, 0) is 19.4 Å². The van der Waals surface area contributed by atoms with Crippen molar-refractivity contribution in [2.45, 2.75) is 38.5 Å². The van der Waals surface area contributed by atoms with E-state index in [4.69, 9.17) is 0 Å². The number of carbonyl (C=O) groups is 1. The van der Waals surface area contributed by atoms with E-state index < -0.39 is 29.7 Å². The third-order valence-corrected chi connectivity index (χ3v) is 5.92. The average Bonchev–Trinajstić information content (AvgIpc) is 3.31. The van der Waals surface area contributed by atoms with Crippen LogP contribution < -0.4 is 10.6 Å². The van der Waals surface area contributed by atoms with Crippen molar-refractivity contribution in [3.8, 4) is 0 Å². The number of amides is 1. The predicted octanol–water partition coefficient (Wildman–Crippen LogP) is 3.90. The van der Waals surface area contributed by atoms with Gasteiger partial charge >= 0.3 is 0 Å². The number of hydrogen-bond donors (Lipinski definition) is 4. The molecule has 0 unspecified atom stereocenters. The topological polar surface area (TPSA) is 90.0 Å². The molecule has 4 rings (SSSR count). The molecule has 182 valence electrons. The van der Waals surface area contributed by atoms with Gasteiger partial charge in [-0.2, -0.15) is 0 Å². The number of H-pyrrole nitrogens is 1. The van der Waals surface area contributed by atoms with Crippen molar-refractivity contribution in [3.63, 3.8) is 0 Å². The van der Waals surface area contributed by atoms with E-state index in [2.05, 4.69) is 39.7 Å². The van der Waals surface area contributed by atoms with Gasteiger partial charge in [0.2, 0.25) is 0 Å². The fraction of sp³-hybridized carbons (Fsp3) is 0.259. The van der Waals surface area contributed by atoms with Gasteiger partial charge in [0.1, 0.15) is 11.6 Å². The Morgan fingerprint density at radius 2 is 1.80 bits per heavy atom. The lowest BCUT2D eigenvalue weighted by molar-refractivity contribution is 0.0830. The highest BCUT2D eigenvalue weighted by atomic mass is 19.1. The molecule has 0 aliphatic heterocycles. The number of aliphatic hydroxyl groups excluding tert-OH is 1. The first-order valence-electron chi connectivity index (χ1n) is 11.6. The van der Waals surface area contributed by atoms with Gasteiger partial charge in [0.25, 0.3) is 5.91 Å². The van der Waals surface area contributed by atoms with Crippen LogP contribution in [0, 0.1) is 11.6 Å². The monoisotopic (exact) mass is 478 g/mol. The molecule has 0 radical (unpaired) electrons. The molecule has 1 amide bonds. The average molecular weight is 479 g/mol. The number of imidazole rings is 1. The minimum atomic E-state index is -1.00. The molecule has 0 aliphatic carbocycles. The quantitative estimate of drug-likeness (QED) is 0.278. The van der Waals surface area contributed by atoms with Crippen molar-refractivity contribution < 1.29 is 18.7 Å². The summed E-state index contributed by atoms with van der Waals surface area (Å²) in [5.74, 6) is -1.82. The lowest BCUT2D eigenvalue weighted by atomic mass is 10.00. The number of nitrogens with zero attached hydrogens (tertiary/aromatic N) is 1. The third kappa shape index (κ3) is 6.49. The molecule has 3 aromatic carbocycles. The summed E-state index contributed by atoms with van der Waals surface area (Å²) in [4.78, 5) is 20.1. The Morgan fingerprint density at radius 1 is 1.03 bits per heavy atom. The summed E-state index contributed by atoms with van der Waals surface area (Å²) in [5.41, 5.74) is 4.46. The smallest absolute Gasteiger partial charge is 0.251 e. The zero-order valence-electron chi connectivity index (χ0n) is 19.4. The van der Waals surface area contributed by atoms with Crippen molar-refractivity contribution in [2.75, 3.05) is 6.54 Å². The van der Waals surface area contributed by atoms with Gasteiger partial charge in [-0.05, 0) is 59.9 Å². The van der Waals surface area contributed by atoms with E-state index >= 15 is 0 Å². The number of aliphatic hydroxyl groups is 1. The molecule has 4 aromatic rings. The summed E-state index contributed by atoms with van der Waals surface area (Å²) in [5, 5.41) is 17.0. The Bertz CT molecular complexity index is 1290. The molecule has 1 aromatic heterocycles. The highest BCUT2D eigenvalue weighted by Gasteiger charge is 2.23. The molecule has 2 atom stereocenters. The highest BCUT2D eigenvalue weighted by Crippen LogP contribution is 2.15. The van der Waals surface area contributed by atoms with Crippen LogP contribution >= 0.6 is 0 Å². The van der Waals surface area contributed by atoms with Gasteiger partial charge in [-0.1, -0.05) is 31.2 Å². The zero-order valence-corrected chi connectivity index (χ0v) is 19.4. The Balaban J connectivity index is 1.47. The van der Waals surface area contributed by atoms with Gasteiger partial charge in [-0.15, -0.1) is 0 Å². The number of rotatable bonds is 10. The van der Waals surface area contributed by atoms with E-state index in [1.807, 2.05) is 12.1 Å². The number of nitrogens with one attached hydrogen (secondary N) is 3. The Kier molecular flexibility index (Phi) is 7.84. The second-order valence-electron chi connectivity index (χ2n) is 8.57. The number of aromatic nitrogens is 2. The van der Waals surface area contributed by atoms with Crippen LogP contribution in [0.1, 0.15) is 34.0 Å². The van der Waals surface area contributed by atoms with Crippen LogP contribution in [0.15, 0.2) is 67.0 Å². The number of halogens is 2. The van der Waals surface area contributed by atoms with Crippen molar-refractivity contribution in [3.05, 3.63) is 101 Å².